The third-order valence-electron chi connectivity index (χ3n) is 2.33. The first-order valence-corrected chi connectivity index (χ1v) is 6.48. The Kier molecular flexibility index (Phi) is 7.02. The molecule has 2 unspecified atom stereocenters. The number of methoxy groups -OCH3 is 1. The maximum atomic E-state index is 11.9. The Morgan fingerprint density at radius 1 is 1.15 bits per heavy atom. The molecule has 116 valence electrons. The van der Waals surface area contributed by atoms with Gasteiger partial charge in [-0.15, -0.1) is 0 Å². The molecular formula is C13H24N2O5. The molecular weight excluding hydrogens is 264 g/mol. The number of rotatable bonds is 5. The minimum absolute atomic E-state index is 0.374. The number of amides is 2. The van der Waals surface area contributed by atoms with Gasteiger partial charge in [0, 0.05) is 0 Å². The summed E-state index contributed by atoms with van der Waals surface area (Å²) in [5, 5.41) is 4.93. The first-order chi connectivity index (χ1) is 9.10. The first kappa shape index (κ1) is 18.2. The molecule has 0 radical (unpaired) electrons. The van der Waals surface area contributed by atoms with Gasteiger partial charge in [0.05, 0.1) is 7.11 Å². The van der Waals surface area contributed by atoms with E-state index >= 15 is 0 Å². The zero-order valence-corrected chi connectivity index (χ0v) is 12.9. The lowest BCUT2D eigenvalue weighted by atomic mass is 10.2. The third-order valence-corrected chi connectivity index (χ3v) is 2.33. The molecule has 0 fully saturated rings. The summed E-state index contributed by atoms with van der Waals surface area (Å²) in [6, 6.07) is -1.54. The monoisotopic (exact) mass is 288 g/mol. The molecule has 0 aromatic rings. The minimum Gasteiger partial charge on any atom is -0.467 e. The van der Waals surface area contributed by atoms with E-state index in [-0.39, 0.29) is 0 Å². The number of nitrogens with one attached hydrogen (secondary N) is 2. The van der Waals surface area contributed by atoms with Gasteiger partial charge in [-0.1, -0.05) is 6.92 Å². The van der Waals surface area contributed by atoms with Gasteiger partial charge in [0.2, 0.25) is 5.91 Å². The van der Waals surface area contributed by atoms with E-state index in [0.717, 1.165) is 0 Å². The first-order valence-electron chi connectivity index (χ1n) is 6.48. The number of hydrogen-bond acceptors (Lipinski definition) is 5. The topological polar surface area (TPSA) is 93.7 Å². The number of carbonyl (C=O) groups is 3. The van der Waals surface area contributed by atoms with Crippen molar-refractivity contribution >= 4 is 18.0 Å². The molecule has 0 aromatic heterocycles. The Morgan fingerprint density at radius 3 is 2.10 bits per heavy atom. The molecule has 0 bridgehead atoms. The van der Waals surface area contributed by atoms with E-state index in [1.54, 1.807) is 27.7 Å². The molecule has 0 aromatic carbocycles. The molecule has 2 N–H and O–H groups in total. The van der Waals surface area contributed by atoms with Crippen molar-refractivity contribution in [3.8, 4) is 0 Å². The van der Waals surface area contributed by atoms with Crippen LogP contribution in [0.15, 0.2) is 0 Å². The van der Waals surface area contributed by atoms with Gasteiger partial charge in [-0.05, 0) is 34.1 Å². The van der Waals surface area contributed by atoms with Crippen molar-refractivity contribution in [3.05, 3.63) is 0 Å². The van der Waals surface area contributed by atoms with Crippen LogP contribution >= 0.6 is 0 Å². The molecule has 7 nitrogen and oxygen atoms in total. The van der Waals surface area contributed by atoms with Crippen molar-refractivity contribution in [1.29, 1.82) is 0 Å². The highest BCUT2D eigenvalue weighted by atomic mass is 16.6. The number of hydrogen-bond donors (Lipinski definition) is 2. The highest BCUT2D eigenvalue weighted by Gasteiger charge is 2.25. The number of carbonyl (C=O) groups excluding carboxylic acids is 3. The van der Waals surface area contributed by atoms with E-state index in [4.69, 9.17) is 4.74 Å². The fourth-order valence-corrected chi connectivity index (χ4v) is 1.35. The van der Waals surface area contributed by atoms with Crippen LogP contribution in [-0.2, 0) is 19.1 Å². The normalized spacial score (nSPS) is 13.9. The van der Waals surface area contributed by atoms with E-state index in [0.29, 0.717) is 6.42 Å². The maximum Gasteiger partial charge on any atom is 0.408 e. The lowest BCUT2D eigenvalue weighted by molar-refractivity contribution is -0.144. The average molecular weight is 288 g/mol. The van der Waals surface area contributed by atoms with Gasteiger partial charge in [0.15, 0.2) is 0 Å². The fraction of sp³-hybridized carbons (Fsp3) is 0.769. The van der Waals surface area contributed by atoms with Crippen molar-refractivity contribution in [2.45, 2.75) is 58.7 Å². The van der Waals surface area contributed by atoms with Gasteiger partial charge in [-0.25, -0.2) is 9.59 Å². The Balaban J connectivity index is 4.49. The van der Waals surface area contributed by atoms with Crippen molar-refractivity contribution in [2.75, 3.05) is 7.11 Å². The van der Waals surface area contributed by atoms with Crippen LogP contribution in [0.3, 0.4) is 0 Å². The van der Waals surface area contributed by atoms with Gasteiger partial charge in [-0.2, -0.15) is 0 Å². The molecule has 20 heavy (non-hydrogen) atoms. The fourth-order valence-electron chi connectivity index (χ4n) is 1.35. The predicted octanol–water partition coefficient (Wildman–Crippen LogP) is 0.967. The quantitative estimate of drug-likeness (QED) is 0.735. The summed E-state index contributed by atoms with van der Waals surface area (Å²) in [5.41, 5.74) is -0.641. The van der Waals surface area contributed by atoms with Gasteiger partial charge in [0.1, 0.15) is 17.7 Å². The molecule has 0 aliphatic carbocycles. The summed E-state index contributed by atoms with van der Waals surface area (Å²) >= 11 is 0. The zero-order chi connectivity index (χ0) is 15.9. The van der Waals surface area contributed by atoms with Gasteiger partial charge in [0.25, 0.3) is 0 Å². The van der Waals surface area contributed by atoms with Crippen LogP contribution in [0.4, 0.5) is 4.79 Å². The summed E-state index contributed by atoms with van der Waals surface area (Å²) in [6.45, 7) is 8.43. The Morgan fingerprint density at radius 2 is 1.70 bits per heavy atom. The lowest BCUT2D eigenvalue weighted by Gasteiger charge is -2.23. The molecule has 2 amide bonds. The second-order valence-electron chi connectivity index (χ2n) is 5.36. The van der Waals surface area contributed by atoms with E-state index in [2.05, 4.69) is 15.4 Å². The predicted molar refractivity (Wildman–Crippen MR) is 73.1 cm³/mol. The lowest BCUT2D eigenvalue weighted by Crippen LogP contribution is -2.51. The highest BCUT2D eigenvalue weighted by molar-refractivity contribution is 5.89. The summed E-state index contributed by atoms with van der Waals surface area (Å²) in [6.07, 6.45) is -0.302. The molecule has 7 heteroatoms. The second kappa shape index (κ2) is 7.72. The summed E-state index contributed by atoms with van der Waals surface area (Å²) in [5.74, 6) is -1.01. The van der Waals surface area contributed by atoms with E-state index in [9.17, 15) is 14.4 Å². The SMILES string of the molecule is CCC(NC(=O)OC(C)(C)C)C(=O)NC(C)C(=O)OC. The zero-order valence-electron chi connectivity index (χ0n) is 12.9. The smallest absolute Gasteiger partial charge is 0.408 e. The van der Waals surface area contributed by atoms with Crippen LogP contribution in [0.1, 0.15) is 41.0 Å². The van der Waals surface area contributed by atoms with Gasteiger partial charge in [-0.3, -0.25) is 4.79 Å². The Bertz CT molecular complexity index is 362. The van der Waals surface area contributed by atoms with E-state index < -0.39 is 35.7 Å². The Labute approximate surface area is 119 Å². The van der Waals surface area contributed by atoms with Crippen LogP contribution in [0, 0.1) is 0 Å². The molecule has 0 saturated heterocycles. The van der Waals surface area contributed by atoms with Crippen LogP contribution in [0.25, 0.3) is 0 Å². The molecule has 0 aliphatic heterocycles. The number of alkyl carbamates (subject to hydrolysis) is 1. The van der Waals surface area contributed by atoms with Crippen LogP contribution in [0.2, 0.25) is 0 Å². The average Bonchev–Trinajstić information content (AvgIpc) is 2.32. The summed E-state index contributed by atoms with van der Waals surface area (Å²) in [4.78, 5) is 34.7. The molecule has 2 atom stereocenters. The number of ether oxygens (including phenoxy) is 2. The van der Waals surface area contributed by atoms with Gasteiger partial charge < -0.3 is 20.1 Å². The maximum absolute atomic E-state index is 11.9. The summed E-state index contributed by atoms with van der Waals surface area (Å²) in [7, 11) is 1.24. The molecule has 0 rings (SSSR count). The minimum atomic E-state index is -0.776. The van der Waals surface area contributed by atoms with E-state index in [1.807, 2.05) is 0 Å². The molecule has 0 aliphatic rings. The highest BCUT2D eigenvalue weighted by Crippen LogP contribution is 2.07. The van der Waals surface area contributed by atoms with Crippen molar-refractivity contribution in [3.63, 3.8) is 0 Å². The van der Waals surface area contributed by atoms with Crippen LogP contribution in [-0.4, -0.2) is 42.8 Å². The molecule has 0 saturated carbocycles. The number of esters is 1. The summed E-state index contributed by atoms with van der Waals surface area (Å²) < 4.78 is 9.58. The van der Waals surface area contributed by atoms with Crippen molar-refractivity contribution in [1.82, 2.24) is 10.6 Å². The van der Waals surface area contributed by atoms with Crippen molar-refractivity contribution < 1.29 is 23.9 Å². The van der Waals surface area contributed by atoms with Gasteiger partial charge >= 0.3 is 12.1 Å². The second-order valence-corrected chi connectivity index (χ2v) is 5.36. The van der Waals surface area contributed by atoms with Crippen molar-refractivity contribution in [2.24, 2.45) is 0 Å². The Hall–Kier alpha value is -1.79. The van der Waals surface area contributed by atoms with E-state index in [1.165, 1.54) is 14.0 Å². The largest absolute Gasteiger partial charge is 0.467 e. The van der Waals surface area contributed by atoms with Crippen LogP contribution < -0.4 is 10.6 Å². The molecule has 0 heterocycles. The van der Waals surface area contributed by atoms with Crippen LogP contribution in [0.5, 0.6) is 0 Å². The third kappa shape index (κ3) is 6.96. The molecule has 0 spiro atoms. The standard InChI is InChI=1S/C13H24N2O5/c1-7-9(15-12(18)20-13(3,4)5)10(16)14-8(2)11(17)19-6/h8-9H,7H2,1-6H3,(H,14,16)(H,15,18).